The zero-order chi connectivity index (χ0) is 17.4. The Hall–Kier alpha value is -2.28. The number of aromatic nitrogens is 3. The number of fused-ring (bicyclic) bond motifs is 1. The second-order valence-corrected chi connectivity index (χ2v) is 7.06. The van der Waals surface area contributed by atoms with Crippen LogP contribution in [0.4, 0.5) is 0 Å². The zero-order valence-electron chi connectivity index (χ0n) is 14.5. The Bertz CT molecular complexity index is 849. The van der Waals surface area contributed by atoms with Crippen molar-refractivity contribution in [1.29, 1.82) is 0 Å². The number of carbonyl (C=O) groups excluding carboxylic acids is 1. The van der Waals surface area contributed by atoms with Gasteiger partial charge in [0, 0.05) is 18.6 Å². The molecule has 0 spiro atoms. The number of benzene rings is 1. The molecule has 0 radical (unpaired) electrons. The molecular weight excluding hydrogens is 318 g/mol. The van der Waals surface area contributed by atoms with Gasteiger partial charge in [-0.05, 0) is 51.4 Å². The molecule has 132 valence electrons. The van der Waals surface area contributed by atoms with Crippen LogP contribution in [0, 0.1) is 0 Å². The van der Waals surface area contributed by atoms with E-state index in [1.165, 1.54) is 11.1 Å². The van der Waals surface area contributed by atoms with Crippen LogP contribution in [0.15, 0.2) is 29.1 Å². The largest absolute Gasteiger partial charge is 0.337 e. The van der Waals surface area contributed by atoms with Crippen molar-refractivity contribution in [2.75, 3.05) is 20.1 Å². The molecule has 25 heavy (non-hydrogen) atoms. The maximum atomic E-state index is 12.9. The van der Waals surface area contributed by atoms with Crippen molar-refractivity contribution >= 4 is 16.8 Å². The highest BCUT2D eigenvalue weighted by Crippen LogP contribution is 2.29. The smallest absolute Gasteiger partial charge is 0.278 e. The van der Waals surface area contributed by atoms with Crippen LogP contribution in [0.5, 0.6) is 0 Å². The van der Waals surface area contributed by atoms with E-state index in [2.05, 4.69) is 22.3 Å². The van der Waals surface area contributed by atoms with E-state index in [1.54, 1.807) is 18.2 Å². The number of rotatable bonds is 3. The third-order valence-electron chi connectivity index (χ3n) is 5.55. The minimum absolute atomic E-state index is 0.0329. The topological polar surface area (TPSA) is 71.3 Å². The molecule has 1 aromatic heterocycles. The molecule has 2 fully saturated rings. The van der Waals surface area contributed by atoms with Crippen molar-refractivity contribution in [2.45, 2.75) is 44.3 Å². The maximum absolute atomic E-state index is 12.9. The van der Waals surface area contributed by atoms with Gasteiger partial charge in [-0.2, -0.15) is 0 Å². The molecular formula is C18H23N5O2. The van der Waals surface area contributed by atoms with Gasteiger partial charge in [0.1, 0.15) is 12.1 Å². The van der Waals surface area contributed by atoms with Gasteiger partial charge in [-0.1, -0.05) is 17.3 Å². The Kier molecular flexibility index (Phi) is 4.25. The summed E-state index contributed by atoms with van der Waals surface area (Å²) in [6.07, 6.45) is 4.40. The first kappa shape index (κ1) is 16.2. The normalized spacial score (nSPS) is 24.3. The lowest BCUT2D eigenvalue weighted by Crippen LogP contribution is -2.48. The number of hydrogen-bond donors (Lipinski definition) is 0. The lowest BCUT2D eigenvalue weighted by atomic mass is 10.0. The van der Waals surface area contributed by atoms with Gasteiger partial charge >= 0.3 is 0 Å². The lowest BCUT2D eigenvalue weighted by molar-refractivity contribution is -0.133. The summed E-state index contributed by atoms with van der Waals surface area (Å²) in [5, 5.41) is 8.51. The second kappa shape index (κ2) is 6.55. The summed E-state index contributed by atoms with van der Waals surface area (Å²) in [4.78, 5) is 29.7. The van der Waals surface area contributed by atoms with Crippen LogP contribution < -0.4 is 5.56 Å². The molecule has 1 amide bonds. The highest BCUT2D eigenvalue weighted by atomic mass is 16.2. The zero-order valence-corrected chi connectivity index (χ0v) is 14.5. The Morgan fingerprint density at radius 3 is 2.72 bits per heavy atom. The molecule has 2 aromatic rings. The molecule has 3 heterocycles. The van der Waals surface area contributed by atoms with Crippen LogP contribution >= 0.6 is 0 Å². The molecule has 7 nitrogen and oxygen atoms in total. The summed E-state index contributed by atoms with van der Waals surface area (Å²) in [5.41, 5.74) is 0.301. The third kappa shape index (κ3) is 2.93. The Morgan fingerprint density at radius 1 is 1.16 bits per heavy atom. The maximum Gasteiger partial charge on any atom is 0.278 e. The van der Waals surface area contributed by atoms with E-state index < -0.39 is 0 Å². The fourth-order valence-electron chi connectivity index (χ4n) is 4.27. The average molecular weight is 341 g/mol. The highest BCUT2D eigenvalue weighted by molar-refractivity contribution is 5.78. The highest BCUT2D eigenvalue weighted by Gasteiger charge is 2.38. The van der Waals surface area contributed by atoms with Crippen LogP contribution in [0.2, 0.25) is 0 Å². The predicted octanol–water partition coefficient (Wildman–Crippen LogP) is 0.877. The standard InChI is InChI=1S/C18H23N5O2/c1-21-10-4-8-15(21)16-9-5-11-22(16)17(24)12-23-18(25)13-6-2-3-7-14(13)19-20-23/h2-3,6-7,15-16H,4-5,8-12H2,1H3/t15-,16+/m1/s1. The van der Waals surface area contributed by atoms with Gasteiger partial charge in [0.2, 0.25) is 5.91 Å². The molecule has 2 saturated heterocycles. The minimum atomic E-state index is -0.257. The van der Waals surface area contributed by atoms with Gasteiger partial charge in [-0.15, -0.1) is 5.10 Å². The quantitative estimate of drug-likeness (QED) is 0.829. The summed E-state index contributed by atoms with van der Waals surface area (Å²) in [6, 6.07) is 7.78. The molecule has 7 heteroatoms. The van der Waals surface area contributed by atoms with Gasteiger partial charge in [0.05, 0.1) is 5.39 Å². The molecule has 0 unspecified atom stereocenters. The summed E-state index contributed by atoms with van der Waals surface area (Å²) >= 11 is 0. The number of likely N-dealkylation sites (N-methyl/N-ethyl adjacent to an activating group) is 1. The first-order chi connectivity index (χ1) is 12.1. The van der Waals surface area contributed by atoms with Crippen molar-refractivity contribution in [2.24, 2.45) is 0 Å². The van der Waals surface area contributed by atoms with E-state index in [0.29, 0.717) is 16.9 Å². The van der Waals surface area contributed by atoms with Gasteiger partial charge in [-0.3, -0.25) is 9.59 Å². The van der Waals surface area contributed by atoms with E-state index >= 15 is 0 Å². The van der Waals surface area contributed by atoms with Crippen LogP contribution in [0.3, 0.4) is 0 Å². The van der Waals surface area contributed by atoms with Crippen molar-refractivity contribution in [3.05, 3.63) is 34.6 Å². The van der Waals surface area contributed by atoms with E-state index in [9.17, 15) is 9.59 Å². The van der Waals surface area contributed by atoms with Crippen LogP contribution in [0.1, 0.15) is 25.7 Å². The SMILES string of the molecule is CN1CCC[C@@H]1[C@@H]1CCCN1C(=O)Cn1nnc2ccccc2c1=O. The van der Waals surface area contributed by atoms with Gasteiger partial charge < -0.3 is 9.80 Å². The minimum Gasteiger partial charge on any atom is -0.337 e. The molecule has 4 rings (SSSR count). The molecule has 0 bridgehead atoms. The summed E-state index contributed by atoms with van der Waals surface area (Å²) < 4.78 is 1.19. The van der Waals surface area contributed by atoms with Crippen molar-refractivity contribution in [3.8, 4) is 0 Å². The molecule has 2 aliphatic heterocycles. The molecule has 0 aliphatic carbocycles. The monoisotopic (exact) mass is 341 g/mol. The van der Waals surface area contributed by atoms with E-state index in [-0.39, 0.29) is 24.1 Å². The average Bonchev–Trinajstić information content (AvgIpc) is 3.26. The third-order valence-corrected chi connectivity index (χ3v) is 5.55. The molecule has 2 aliphatic rings. The van der Waals surface area contributed by atoms with E-state index in [0.717, 1.165) is 32.4 Å². The fraction of sp³-hybridized carbons (Fsp3) is 0.556. The van der Waals surface area contributed by atoms with Crippen LogP contribution in [-0.2, 0) is 11.3 Å². The molecule has 0 saturated carbocycles. The van der Waals surface area contributed by atoms with Crippen molar-refractivity contribution in [1.82, 2.24) is 24.8 Å². The summed E-state index contributed by atoms with van der Waals surface area (Å²) in [6.45, 7) is 1.83. The van der Waals surface area contributed by atoms with Crippen LogP contribution in [0.25, 0.3) is 10.9 Å². The number of nitrogens with zero attached hydrogens (tertiary/aromatic N) is 5. The number of likely N-dealkylation sites (tertiary alicyclic amines) is 2. The molecule has 1 aromatic carbocycles. The molecule has 2 atom stereocenters. The Labute approximate surface area is 146 Å². The number of amides is 1. The first-order valence-electron chi connectivity index (χ1n) is 8.97. The fourth-order valence-corrected chi connectivity index (χ4v) is 4.27. The number of hydrogen-bond acceptors (Lipinski definition) is 5. The summed E-state index contributed by atoms with van der Waals surface area (Å²) in [7, 11) is 2.14. The van der Waals surface area contributed by atoms with Crippen molar-refractivity contribution < 1.29 is 4.79 Å². The van der Waals surface area contributed by atoms with Gasteiger partial charge in [-0.25, -0.2) is 4.68 Å². The Balaban J connectivity index is 1.55. The molecule has 0 N–H and O–H groups in total. The predicted molar refractivity (Wildman–Crippen MR) is 94.2 cm³/mol. The van der Waals surface area contributed by atoms with Gasteiger partial charge in [0.15, 0.2) is 0 Å². The number of carbonyl (C=O) groups is 1. The van der Waals surface area contributed by atoms with Gasteiger partial charge in [0.25, 0.3) is 5.56 Å². The second-order valence-electron chi connectivity index (χ2n) is 7.06. The Morgan fingerprint density at radius 2 is 1.92 bits per heavy atom. The summed E-state index contributed by atoms with van der Waals surface area (Å²) in [5.74, 6) is -0.0329. The van der Waals surface area contributed by atoms with E-state index in [1.807, 2.05) is 11.0 Å². The first-order valence-corrected chi connectivity index (χ1v) is 8.97. The van der Waals surface area contributed by atoms with Crippen molar-refractivity contribution in [3.63, 3.8) is 0 Å². The van der Waals surface area contributed by atoms with E-state index in [4.69, 9.17) is 0 Å². The van der Waals surface area contributed by atoms with Crippen LogP contribution in [-0.4, -0.2) is 62.9 Å². The lowest BCUT2D eigenvalue weighted by Gasteiger charge is -2.33.